The molecule has 0 atom stereocenters. The van der Waals surface area contributed by atoms with Gasteiger partial charge >= 0.3 is 0 Å². The molecule has 0 aliphatic carbocycles. The Kier molecular flexibility index (Phi) is 6.22. The van der Waals surface area contributed by atoms with Crippen LogP contribution in [0, 0.1) is 6.92 Å². The highest BCUT2D eigenvalue weighted by Gasteiger charge is 2.20. The summed E-state index contributed by atoms with van der Waals surface area (Å²) in [7, 11) is -1.04. The van der Waals surface area contributed by atoms with Crippen molar-refractivity contribution < 1.29 is 8.42 Å². The Bertz CT molecular complexity index is 596. The number of aryl methyl sites for hydroxylation is 1. The summed E-state index contributed by atoms with van der Waals surface area (Å²) in [4.78, 5) is 7.69. The Morgan fingerprint density at radius 3 is 2.68 bits per heavy atom. The first-order chi connectivity index (χ1) is 10.5. The number of thiophene rings is 1. The van der Waals surface area contributed by atoms with E-state index in [1.54, 1.807) is 18.4 Å². The van der Waals surface area contributed by atoms with Crippen molar-refractivity contribution in [3.8, 4) is 0 Å². The maximum atomic E-state index is 11.4. The van der Waals surface area contributed by atoms with Gasteiger partial charge in [0.2, 0.25) is 0 Å². The minimum atomic E-state index is -2.80. The molecule has 0 aromatic carbocycles. The van der Waals surface area contributed by atoms with Crippen molar-refractivity contribution in [1.29, 1.82) is 0 Å². The first kappa shape index (κ1) is 17.2. The second-order valence-corrected chi connectivity index (χ2v) is 8.68. The SMILES string of the molecule is CN=C(NCCN1CCS(=O)(=O)CC1)NCc1sccc1C. The van der Waals surface area contributed by atoms with Gasteiger partial charge in [-0.3, -0.25) is 9.89 Å². The largest absolute Gasteiger partial charge is 0.355 e. The highest BCUT2D eigenvalue weighted by Crippen LogP contribution is 2.14. The van der Waals surface area contributed by atoms with E-state index in [2.05, 4.69) is 38.9 Å². The van der Waals surface area contributed by atoms with Crippen LogP contribution < -0.4 is 10.6 Å². The van der Waals surface area contributed by atoms with Crippen LogP contribution in [0.2, 0.25) is 0 Å². The van der Waals surface area contributed by atoms with Gasteiger partial charge in [-0.15, -0.1) is 11.3 Å². The Morgan fingerprint density at radius 1 is 1.36 bits per heavy atom. The molecule has 1 aromatic heterocycles. The molecule has 0 radical (unpaired) electrons. The van der Waals surface area contributed by atoms with Crippen molar-refractivity contribution in [3.05, 3.63) is 21.9 Å². The number of hydrogen-bond donors (Lipinski definition) is 2. The summed E-state index contributed by atoms with van der Waals surface area (Å²) in [6.07, 6.45) is 0. The monoisotopic (exact) mass is 344 g/mol. The standard InChI is InChI=1S/C14H24N4O2S2/c1-12-3-8-21-13(12)11-17-14(15-2)16-4-5-18-6-9-22(19,20)10-7-18/h3,8H,4-7,9-11H2,1-2H3,(H2,15,16,17). The summed E-state index contributed by atoms with van der Waals surface area (Å²) < 4.78 is 22.8. The lowest BCUT2D eigenvalue weighted by Crippen LogP contribution is -2.45. The molecule has 124 valence electrons. The van der Waals surface area contributed by atoms with Gasteiger partial charge in [0.15, 0.2) is 15.8 Å². The van der Waals surface area contributed by atoms with Crippen molar-refractivity contribution in [2.75, 3.05) is 44.7 Å². The molecule has 1 aliphatic heterocycles. The molecule has 1 saturated heterocycles. The third-order valence-electron chi connectivity index (χ3n) is 3.77. The summed E-state index contributed by atoms with van der Waals surface area (Å²) in [5.74, 6) is 1.33. The highest BCUT2D eigenvalue weighted by molar-refractivity contribution is 7.91. The molecular weight excluding hydrogens is 320 g/mol. The molecular formula is C14H24N4O2S2. The van der Waals surface area contributed by atoms with Crippen LogP contribution in [0.4, 0.5) is 0 Å². The van der Waals surface area contributed by atoms with Gasteiger partial charge < -0.3 is 10.6 Å². The summed E-state index contributed by atoms with van der Waals surface area (Å²) in [6.45, 7) is 5.71. The van der Waals surface area contributed by atoms with Gasteiger partial charge in [-0.2, -0.15) is 0 Å². The maximum Gasteiger partial charge on any atom is 0.191 e. The maximum absolute atomic E-state index is 11.4. The van der Waals surface area contributed by atoms with E-state index in [4.69, 9.17) is 0 Å². The van der Waals surface area contributed by atoms with Gasteiger partial charge in [0.05, 0.1) is 18.1 Å². The van der Waals surface area contributed by atoms with Crippen molar-refractivity contribution in [3.63, 3.8) is 0 Å². The predicted octanol–water partition coefficient (Wildman–Crippen LogP) is 0.452. The van der Waals surface area contributed by atoms with E-state index >= 15 is 0 Å². The molecule has 2 N–H and O–H groups in total. The van der Waals surface area contributed by atoms with Crippen molar-refractivity contribution in [2.24, 2.45) is 4.99 Å². The predicted molar refractivity (Wildman–Crippen MR) is 92.4 cm³/mol. The molecule has 0 unspecified atom stereocenters. The van der Waals surface area contributed by atoms with Gasteiger partial charge in [0.25, 0.3) is 0 Å². The molecule has 6 nitrogen and oxygen atoms in total. The molecule has 22 heavy (non-hydrogen) atoms. The highest BCUT2D eigenvalue weighted by atomic mass is 32.2. The molecule has 1 fully saturated rings. The normalized spacial score (nSPS) is 19.1. The van der Waals surface area contributed by atoms with Crippen LogP contribution in [0.1, 0.15) is 10.4 Å². The van der Waals surface area contributed by atoms with Crippen LogP contribution in [0.3, 0.4) is 0 Å². The van der Waals surface area contributed by atoms with Gasteiger partial charge in [-0.05, 0) is 23.9 Å². The second kappa shape index (κ2) is 7.94. The first-order valence-corrected chi connectivity index (χ1v) is 10.1. The van der Waals surface area contributed by atoms with Crippen LogP contribution in [0.15, 0.2) is 16.4 Å². The van der Waals surface area contributed by atoms with Crippen LogP contribution in [-0.4, -0.2) is 64.0 Å². The van der Waals surface area contributed by atoms with E-state index in [-0.39, 0.29) is 11.5 Å². The fraction of sp³-hybridized carbons (Fsp3) is 0.643. The molecule has 2 rings (SSSR count). The van der Waals surface area contributed by atoms with E-state index in [9.17, 15) is 8.42 Å². The number of aliphatic imine (C=N–C) groups is 1. The first-order valence-electron chi connectivity index (χ1n) is 7.40. The average Bonchev–Trinajstić information content (AvgIpc) is 2.89. The molecule has 0 saturated carbocycles. The minimum Gasteiger partial charge on any atom is -0.355 e. The average molecular weight is 345 g/mol. The van der Waals surface area contributed by atoms with Gasteiger partial charge in [0.1, 0.15) is 0 Å². The fourth-order valence-corrected chi connectivity index (χ4v) is 4.40. The van der Waals surface area contributed by atoms with E-state index in [1.807, 2.05) is 0 Å². The van der Waals surface area contributed by atoms with Crippen LogP contribution in [-0.2, 0) is 16.4 Å². The van der Waals surface area contributed by atoms with Crippen LogP contribution in [0.5, 0.6) is 0 Å². The van der Waals surface area contributed by atoms with E-state index in [0.717, 1.165) is 25.6 Å². The van der Waals surface area contributed by atoms with Crippen molar-refractivity contribution in [2.45, 2.75) is 13.5 Å². The third-order valence-corrected chi connectivity index (χ3v) is 6.40. The molecule has 1 aliphatic rings. The van der Waals surface area contributed by atoms with E-state index in [0.29, 0.717) is 13.1 Å². The van der Waals surface area contributed by atoms with Gasteiger partial charge in [0, 0.05) is 38.1 Å². The minimum absolute atomic E-state index is 0.275. The lowest BCUT2D eigenvalue weighted by Gasteiger charge is -2.26. The Hall–Kier alpha value is -1.12. The summed E-state index contributed by atoms with van der Waals surface area (Å²) >= 11 is 1.74. The number of guanidine groups is 1. The molecule has 1 aromatic rings. The smallest absolute Gasteiger partial charge is 0.191 e. The van der Waals surface area contributed by atoms with Crippen molar-refractivity contribution in [1.82, 2.24) is 15.5 Å². The fourth-order valence-electron chi connectivity index (χ4n) is 2.28. The lowest BCUT2D eigenvalue weighted by molar-refractivity contribution is 0.299. The van der Waals surface area contributed by atoms with E-state index < -0.39 is 9.84 Å². The zero-order chi connectivity index (χ0) is 16.0. The quantitative estimate of drug-likeness (QED) is 0.599. The molecule has 0 bridgehead atoms. The number of nitrogens with zero attached hydrogens (tertiary/aromatic N) is 2. The Morgan fingerprint density at radius 2 is 2.09 bits per heavy atom. The van der Waals surface area contributed by atoms with E-state index in [1.165, 1.54) is 10.4 Å². The summed E-state index contributed by atoms with van der Waals surface area (Å²) in [6, 6.07) is 2.11. The molecule has 2 heterocycles. The van der Waals surface area contributed by atoms with Gasteiger partial charge in [-0.25, -0.2) is 8.42 Å². The van der Waals surface area contributed by atoms with Crippen molar-refractivity contribution >= 4 is 27.1 Å². The zero-order valence-electron chi connectivity index (χ0n) is 13.1. The molecule has 0 spiro atoms. The third kappa shape index (κ3) is 5.26. The molecule has 0 amide bonds. The Labute approximate surface area is 136 Å². The second-order valence-electron chi connectivity index (χ2n) is 5.37. The Balaban J connectivity index is 1.68. The summed E-state index contributed by atoms with van der Waals surface area (Å²) in [5.41, 5.74) is 1.29. The van der Waals surface area contributed by atoms with Crippen LogP contribution in [0.25, 0.3) is 0 Å². The van der Waals surface area contributed by atoms with Crippen LogP contribution >= 0.6 is 11.3 Å². The molecule has 8 heteroatoms. The topological polar surface area (TPSA) is 73.8 Å². The number of nitrogens with one attached hydrogen (secondary N) is 2. The number of sulfone groups is 1. The summed E-state index contributed by atoms with van der Waals surface area (Å²) in [5, 5.41) is 8.66. The zero-order valence-corrected chi connectivity index (χ0v) is 14.8. The lowest BCUT2D eigenvalue weighted by atomic mass is 10.3. The number of rotatable bonds is 5. The number of hydrogen-bond acceptors (Lipinski definition) is 5. The van der Waals surface area contributed by atoms with Gasteiger partial charge in [-0.1, -0.05) is 0 Å².